The second-order valence-corrected chi connectivity index (χ2v) is 6.00. The monoisotopic (exact) mass is 281 g/mol. The molecule has 3 heteroatoms. The summed E-state index contributed by atoms with van der Waals surface area (Å²) in [7, 11) is 0. The SMILES string of the molecule is O=C1C=C2C(c3ccccc3)=CCN3CCCCC3C2O1. The Morgan fingerprint density at radius 1 is 1.14 bits per heavy atom. The highest BCUT2D eigenvalue weighted by Crippen LogP contribution is 2.38. The van der Waals surface area contributed by atoms with E-state index in [4.69, 9.17) is 4.74 Å². The van der Waals surface area contributed by atoms with Crippen molar-refractivity contribution in [2.24, 2.45) is 0 Å². The maximum atomic E-state index is 11.8. The first-order valence-corrected chi connectivity index (χ1v) is 7.75. The van der Waals surface area contributed by atoms with Crippen LogP contribution in [0, 0.1) is 0 Å². The van der Waals surface area contributed by atoms with Gasteiger partial charge < -0.3 is 4.74 Å². The van der Waals surface area contributed by atoms with Crippen LogP contribution in [0.4, 0.5) is 0 Å². The van der Waals surface area contributed by atoms with Gasteiger partial charge in [0.15, 0.2) is 0 Å². The normalized spacial score (nSPS) is 28.9. The molecular weight excluding hydrogens is 262 g/mol. The lowest BCUT2D eigenvalue weighted by atomic mass is 9.89. The summed E-state index contributed by atoms with van der Waals surface area (Å²) in [6.07, 6.45) is 7.45. The molecule has 3 nitrogen and oxygen atoms in total. The van der Waals surface area contributed by atoms with E-state index in [1.54, 1.807) is 6.08 Å². The highest BCUT2D eigenvalue weighted by molar-refractivity contribution is 5.94. The van der Waals surface area contributed by atoms with E-state index < -0.39 is 0 Å². The van der Waals surface area contributed by atoms with Crippen LogP contribution < -0.4 is 0 Å². The van der Waals surface area contributed by atoms with Crippen LogP contribution in [-0.4, -0.2) is 36.1 Å². The second-order valence-electron chi connectivity index (χ2n) is 6.00. The van der Waals surface area contributed by atoms with Crippen molar-refractivity contribution in [2.45, 2.75) is 31.4 Å². The molecule has 1 fully saturated rings. The molecule has 3 aliphatic heterocycles. The van der Waals surface area contributed by atoms with Gasteiger partial charge in [0.05, 0.1) is 6.04 Å². The number of nitrogens with zero attached hydrogens (tertiary/aromatic N) is 1. The van der Waals surface area contributed by atoms with Crippen molar-refractivity contribution < 1.29 is 9.53 Å². The van der Waals surface area contributed by atoms with Crippen LogP contribution in [0.15, 0.2) is 48.1 Å². The van der Waals surface area contributed by atoms with Crippen LogP contribution in [0.2, 0.25) is 0 Å². The van der Waals surface area contributed by atoms with Crippen LogP contribution in [-0.2, 0) is 9.53 Å². The summed E-state index contributed by atoms with van der Waals surface area (Å²) < 4.78 is 5.65. The number of esters is 1. The molecule has 1 saturated heterocycles. The molecule has 0 saturated carbocycles. The Morgan fingerprint density at radius 3 is 2.86 bits per heavy atom. The molecule has 0 amide bonds. The number of ether oxygens (including phenoxy) is 1. The molecule has 2 unspecified atom stereocenters. The minimum Gasteiger partial charge on any atom is -0.453 e. The molecular formula is C18H19NO2. The van der Waals surface area contributed by atoms with Crippen LogP contribution >= 0.6 is 0 Å². The number of piperidine rings is 1. The number of hydrogen-bond donors (Lipinski definition) is 0. The standard InChI is InChI=1S/C18H19NO2/c20-17-12-15-14(13-6-2-1-3-7-13)9-11-19-10-5-4-8-16(19)18(15)21-17/h1-3,6-7,9,12,16,18H,4-5,8,10-11H2. The number of carbonyl (C=O) groups is 1. The molecule has 3 heterocycles. The highest BCUT2D eigenvalue weighted by Gasteiger charge is 2.40. The van der Waals surface area contributed by atoms with Crippen molar-refractivity contribution in [1.29, 1.82) is 0 Å². The third kappa shape index (κ3) is 2.22. The third-order valence-corrected chi connectivity index (χ3v) is 4.76. The summed E-state index contributed by atoms with van der Waals surface area (Å²) >= 11 is 0. The summed E-state index contributed by atoms with van der Waals surface area (Å²) in [6.45, 7) is 2.05. The first-order valence-electron chi connectivity index (χ1n) is 7.75. The van der Waals surface area contributed by atoms with E-state index in [0.29, 0.717) is 6.04 Å². The van der Waals surface area contributed by atoms with Gasteiger partial charge in [-0.2, -0.15) is 0 Å². The first kappa shape index (κ1) is 12.8. The fraction of sp³-hybridized carbons (Fsp3) is 0.389. The smallest absolute Gasteiger partial charge is 0.331 e. The van der Waals surface area contributed by atoms with E-state index in [0.717, 1.165) is 25.1 Å². The molecule has 0 spiro atoms. The summed E-state index contributed by atoms with van der Waals surface area (Å²) in [5.74, 6) is -0.191. The maximum absolute atomic E-state index is 11.8. The quantitative estimate of drug-likeness (QED) is 0.741. The predicted octanol–water partition coefficient (Wildman–Crippen LogP) is 2.79. The lowest BCUT2D eigenvalue weighted by Gasteiger charge is -2.37. The molecule has 1 aromatic rings. The third-order valence-electron chi connectivity index (χ3n) is 4.76. The van der Waals surface area contributed by atoms with Gasteiger partial charge in [-0.1, -0.05) is 42.8 Å². The fourth-order valence-corrected chi connectivity index (χ4v) is 3.76. The molecule has 4 rings (SSSR count). The molecule has 1 aromatic carbocycles. The lowest BCUT2D eigenvalue weighted by Crippen LogP contribution is -2.46. The largest absolute Gasteiger partial charge is 0.453 e. The molecule has 0 aliphatic carbocycles. The van der Waals surface area contributed by atoms with Gasteiger partial charge in [0.1, 0.15) is 6.10 Å². The summed E-state index contributed by atoms with van der Waals surface area (Å²) in [5.41, 5.74) is 3.41. The zero-order valence-electron chi connectivity index (χ0n) is 12.0. The van der Waals surface area contributed by atoms with E-state index in [1.165, 1.54) is 24.0 Å². The topological polar surface area (TPSA) is 29.5 Å². The summed E-state index contributed by atoms with van der Waals surface area (Å²) in [4.78, 5) is 14.3. The first-order chi connectivity index (χ1) is 10.3. The molecule has 0 bridgehead atoms. The van der Waals surface area contributed by atoms with E-state index in [9.17, 15) is 4.79 Å². The zero-order chi connectivity index (χ0) is 14.2. The molecule has 0 radical (unpaired) electrons. The van der Waals surface area contributed by atoms with Gasteiger partial charge in [-0.15, -0.1) is 0 Å². The number of fused-ring (bicyclic) bond motifs is 3. The van der Waals surface area contributed by atoms with E-state index in [1.807, 2.05) is 18.2 Å². The van der Waals surface area contributed by atoms with Gasteiger partial charge in [0.25, 0.3) is 0 Å². The molecule has 108 valence electrons. The average molecular weight is 281 g/mol. The fourth-order valence-electron chi connectivity index (χ4n) is 3.76. The molecule has 2 atom stereocenters. The predicted molar refractivity (Wildman–Crippen MR) is 81.6 cm³/mol. The van der Waals surface area contributed by atoms with Crippen molar-refractivity contribution in [3.63, 3.8) is 0 Å². The van der Waals surface area contributed by atoms with E-state index in [2.05, 4.69) is 23.1 Å². The highest BCUT2D eigenvalue weighted by atomic mass is 16.5. The van der Waals surface area contributed by atoms with Crippen LogP contribution in [0.1, 0.15) is 24.8 Å². The number of hydrogen-bond acceptors (Lipinski definition) is 3. The summed E-state index contributed by atoms with van der Waals surface area (Å²) in [6, 6.07) is 10.7. The van der Waals surface area contributed by atoms with Crippen molar-refractivity contribution in [2.75, 3.05) is 13.1 Å². The second kappa shape index (κ2) is 5.15. The Hall–Kier alpha value is -1.87. The Bertz CT molecular complexity index is 617. The van der Waals surface area contributed by atoms with E-state index in [-0.39, 0.29) is 12.1 Å². The lowest BCUT2D eigenvalue weighted by molar-refractivity contribution is -0.141. The molecule has 0 N–H and O–H groups in total. The van der Waals surface area contributed by atoms with Crippen LogP contribution in [0.3, 0.4) is 0 Å². The Kier molecular flexibility index (Phi) is 3.15. The molecule has 3 aliphatic rings. The van der Waals surface area contributed by atoms with Gasteiger partial charge in [0.2, 0.25) is 0 Å². The van der Waals surface area contributed by atoms with E-state index >= 15 is 0 Å². The minimum atomic E-state index is -0.191. The number of benzene rings is 1. The van der Waals surface area contributed by atoms with Crippen molar-refractivity contribution in [3.05, 3.63) is 53.6 Å². The molecule has 0 aromatic heterocycles. The van der Waals surface area contributed by atoms with Crippen molar-refractivity contribution >= 4 is 11.5 Å². The Balaban J connectivity index is 1.78. The van der Waals surface area contributed by atoms with Gasteiger partial charge in [-0.25, -0.2) is 4.79 Å². The number of carbonyl (C=O) groups excluding carboxylic acids is 1. The van der Waals surface area contributed by atoms with Gasteiger partial charge in [-0.05, 0) is 30.5 Å². The van der Waals surface area contributed by atoms with Gasteiger partial charge in [-0.3, -0.25) is 4.90 Å². The van der Waals surface area contributed by atoms with Gasteiger partial charge >= 0.3 is 5.97 Å². The summed E-state index contributed by atoms with van der Waals surface area (Å²) in [5, 5.41) is 0. The van der Waals surface area contributed by atoms with Crippen molar-refractivity contribution in [1.82, 2.24) is 4.90 Å². The minimum absolute atomic E-state index is 0.0910. The van der Waals surface area contributed by atoms with Crippen molar-refractivity contribution in [3.8, 4) is 0 Å². The Labute approximate surface area is 124 Å². The van der Waals surface area contributed by atoms with Gasteiger partial charge in [0, 0.05) is 18.2 Å². The zero-order valence-corrected chi connectivity index (χ0v) is 12.0. The number of rotatable bonds is 1. The maximum Gasteiger partial charge on any atom is 0.331 e. The van der Waals surface area contributed by atoms with Crippen LogP contribution in [0.5, 0.6) is 0 Å². The average Bonchev–Trinajstić information content (AvgIpc) is 2.84. The van der Waals surface area contributed by atoms with Crippen LogP contribution in [0.25, 0.3) is 5.57 Å². The Morgan fingerprint density at radius 2 is 2.00 bits per heavy atom. The molecule has 21 heavy (non-hydrogen) atoms.